The molecule has 0 radical (unpaired) electrons. The van der Waals surface area contributed by atoms with Crippen molar-refractivity contribution < 1.29 is 5.11 Å². The number of hydrogen-bond acceptors (Lipinski definition) is 3. The molecule has 0 rings (SSSR count). The highest BCUT2D eigenvalue weighted by atomic mass is 16.3. The molecule has 0 unspecified atom stereocenters. The number of aliphatic hydroxyl groups is 1. The molecule has 0 aliphatic heterocycles. The third-order valence-electron chi connectivity index (χ3n) is 1.74. The predicted octanol–water partition coefficient (Wildman–Crippen LogP) is 0.302. The second-order valence-corrected chi connectivity index (χ2v) is 3.48. The molecule has 0 aliphatic carbocycles. The van der Waals surface area contributed by atoms with Gasteiger partial charge in [0, 0.05) is 0 Å². The van der Waals surface area contributed by atoms with Crippen molar-refractivity contribution in [3.8, 4) is 0 Å². The molecule has 0 aliphatic rings. The molecule has 0 atom stereocenters. The Morgan fingerprint density at radius 1 is 1.27 bits per heavy atom. The van der Waals surface area contributed by atoms with Crippen LogP contribution in [0.4, 0.5) is 0 Å². The maximum atomic E-state index is 9.40. The Hall–Kier alpha value is -0.120. The van der Waals surface area contributed by atoms with Crippen molar-refractivity contribution in [1.29, 1.82) is 0 Å². The van der Waals surface area contributed by atoms with Gasteiger partial charge in [-0.25, -0.2) is 0 Å². The van der Waals surface area contributed by atoms with Crippen molar-refractivity contribution >= 4 is 0 Å². The monoisotopic (exact) mass is 160 g/mol. The smallest absolute Gasteiger partial charge is 0.0592 e. The lowest BCUT2D eigenvalue weighted by molar-refractivity contribution is 0.0647. The topological polar surface area (TPSA) is 44.3 Å². The Labute approximate surface area is 69.2 Å². The zero-order valence-electron chi connectivity index (χ0n) is 7.94. The summed E-state index contributed by atoms with van der Waals surface area (Å²) in [5.74, 6) is 0. The molecular formula is C8H20N2O. The van der Waals surface area contributed by atoms with E-state index in [-0.39, 0.29) is 0 Å². The molecule has 0 saturated heterocycles. The van der Waals surface area contributed by atoms with Gasteiger partial charge < -0.3 is 15.7 Å². The summed E-state index contributed by atoms with van der Waals surface area (Å²) >= 11 is 0. The van der Waals surface area contributed by atoms with Crippen molar-refractivity contribution in [3.05, 3.63) is 0 Å². The van der Waals surface area contributed by atoms with Crippen molar-refractivity contribution in [3.63, 3.8) is 0 Å². The highest BCUT2D eigenvalue weighted by Gasteiger charge is 2.14. The zero-order valence-corrected chi connectivity index (χ0v) is 7.94. The molecule has 3 nitrogen and oxygen atoms in total. The summed E-state index contributed by atoms with van der Waals surface area (Å²) in [6.45, 7) is 3.66. The van der Waals surface area contributed by atoms with Gasteiger partial charge in [-0.15, -0.1) is 0 Å². The van der Waals surface area contributed by atoms with E-state index in [1.165, 1.54) is 0 Å². The van der Waals surface area contributed by atoms with Crippen LogP contribution in [0.1, 0.15) is 26.7 Å². The van der Waals surface area contributed by atoms with E-state index in [2.05, 4.69) is 10.6 Å². The van der Waals surface area contributed by atoms with Gasteiger partial charge in [-0.05, 0) is 40.8 Å². The lowest BCUT2D eigenvalue weighted by Crippen LogP contribution is -2.39. The Bertz CT molecular complexity index is 94.8. The van der Waals surface area contributed by atoms with Crippen LogP contribution < -0.4 is 10.6 Å². The van der Waals surface area contributed by atoms with E-state index in [1.54, 1.807) is 0 Å². The van der Waals surface area contributed by atoms with Crippen LogP contribution in [0, 0.1) is 0 Å². The van der Waals surface area contributed by atoms with Crippen molar-refractivity contribution in [1.82, 2.24) is 10.6 Å². The second-order valence-electron chi connectivity index (χ2n) is 3.48. The summed E-state index contributed by atoms with van der Waals surface area (Å²) < 4.78 is 0. The van der Waals surface area contributed by atoms with Gasteiger partial charge in [-0.2, -0.15) is 0 Å². The van der Waals surface area contributed by atoms with E-state index in [0.29, 0.717) is 6.17 Å². The minimum atomic E-state index is -0.550. The average molecular weight is 160 g/mol. The van der Waals surface area contributed by atoms with E-state index >= 15 is 0 Å². The van der Waals surface area contributed by atoms with Crippen LogP contribution in [0.5, 0.6) is 0 Å². The molecule has 0 aromatic carbocycles. The third-order valence-corrected chi connectivity index (χ3v) is 1.74. The van der Waals surface area contributed by atoms with E-state index in [0.717, 1.165) is 12.8 Å². The summed E-state index contributed by atoms with van der Waals surface area (Å²) in [6.07, 6.45) is 2.05. The maximum Gasteiger partial charge on any atom is 0.0592 e. The van der Waals surface area contributed by atoms with Crippen LogP contribution in [-0.2, 0) is 0 Å². The van der Waals surface area contributed by atoms with Gasteiger partial charge in [0.05, 0.1) is 11.8 Å². The fourth-order valence-corrected chi connectivity index (χ4v) is 0.931. The Balaban J connectivity index is 3.51. The molecule has 0 aromatic heterocycles. The number of nitrogens with one attached hydrogen (secondary N) is 2. The zero-order chi connectivity index (χ0) is 8.91. The number of hydrogen-bond donors (Lipinski definition) is 3. The predicted molar refractivity (Wildman–Crippen MR) is 47.4 cm³/mol. The van der Waals surface area contributed by atoms with E-state index < -0.39 is 5.60 Å². The summed E-state index contributed by atoms with van der Waals surface area (Å²) in [5, 5.41) is 15.6. The molecule has 3 heteroatoms. The van der Waals surface area contributed by atoms with E-state index in [4.69, 9.17) is 0 Å². The molecule has 11 heavy (non-hydrogen) atoms. The standard InChI is InChI=1S/C8H20N2O/c1-8(2,11)6-5-7(9-3)10-4/h7,9-11H,5-6H2,1-4H3. The first-order valence-electron chi connectivity index (χ1n) is 4.06. The van der Waals surface area contributed by atoms with Gasteiger partial charge in [0.15, 0.2) is 0 Å². The fourth-order valence-electron chi connectivity index (χ4n) is 0.931. The van der Waals surface area contributed by atoms with Crippen LogP contribution >= 0.6 is 0 Å². The van der Waals surface area contributed by atoms with Gasteiger partial charge in [0.25, 0.3) is 0 Å². The molecule has 0 fully saturated rings. The molecule has 3 N–H and O–H groups in total. The van der Waals surface area contributed by atoms with Crippen molar-refractivity contribution in [2.75, 3.05) is 14.1 Å². The van der Waals surface area contributed by atoms with Gasteiger partial charge in [0.2, 0.25) is 0 Å². The molecule has 0 spiro atoms. The van der Waals surface area contributed by atoms with Crippen LogP contribution in [0.25, 0.3) is 0 Å². The quantitative estimate of drug-likeness (QED) is 0.507. The molecule has 0 bridgehead atoms. The Kier molecular flexibility index (Phi) is 4.65. The molecular weight excluding hydrogens is 140 g/mol. The SMILES string of the molecule is CNC(CCC(C)(C)O)NC. The highest BCUT2D eigenvalue weighted by molar-refractivity contribution is 4.69. The lowest BCUT2D eigenvalue weighted by atomic mass is 10.0. The van der Waals surface area contributed by atoms with Crippen LogP contribution in [0.3, 0.4) is 0 Å². The van der Waals surface area contributed by atoms with E-state index in [9.17, 15) is 5.11 Å². The average Bonchev–Trinajstić information content (AvgIpc) is 1.88. The van der Waals surface area contributed by atoms with Crippen LogP contribution in [0.2, 0.25) is 0 Å². The minimum Gasteiger partial charge on any atom is -0.390 e. The third kappa shape index (κ3) is 6.28. The highest BCUT2D eigenvalue weighted by Crippen LogP contribution is 2.10. The molecule has 0 aromatic rings. The molecule has 0 saturated carbocycles. The van der Waals surface area contributed by atoms with Crippen molar-refractivity contribution in [2.24, 2.45) is 0 Å². The summed E-state index contributed by atoms with van der Waals surface area (Å²) in [4.78, 5) is 0. The van der Waals surface area contributed by atoms with Gasteiger partial charge in [0.1, 0.15) is 0 Å². The summed E-state index contributed by atoms with van der Waals surface area (Å²) in [5.41, 5.74) is -0.550. The molecule has 0 amide bonds. The van der Waals surface area contributed by atoms with Gasteiger partial charge >= 0.3 is 0 Å². The Morgan fingerprint density at radius 2 is 1.73 bits per heavy atom. The van der Waals surface area contributed by atoms with E-state index in [1.807, 2.05) is 27.9 Å². The first-order valence-corrected chi connectivity index (χ1v) is 4.06. The fraction of sp³-hybridized carbons (Fsp3) is 1.00. The minimum absolute atomic E-state index is 0.307. The summed E-state index contributed by atoms with van der Waals surface area (Å²) in [6, 6.07) is 0. The number of rotatable bonds is 5. The normalized spacial score (nSPS) is 12.5. The summed E-state index contributed by atoms with van der Waals surface area (Å²) in [7, 11) is 3.82. The maximum absolute atomic E-state index is 9.40. The largest absolute Gasteiger partial charge is 0.390 e. The first kappa shape index (κ1) is 10.9. The molecule has 0 heterocycles. The van der Waals surface area contributed by atoms with Gasteiger partial charge in [-0.1, -0.05) is 0 Å². The first-order chi connectivity index (χ1) is 4.99. The van der Waals surface area contributed by atoms with Crippen LogP contribution in [-0.4, -0.2) is 31.0 Å². The molecule has 68 valence electrons. The second kappa shape index (κ2) is 4.70. The van der Waals surface area contributed by atoms with Crippen LogP contribution in [0.15, 0.2) is 0 Å². The lowest BCUT2D eigenvalue weighted by Gasteiger charge is -2.21. The Morgan fingerprint density at radius 3 is 2.00 bits per heavy atom. The van der Waals surface area contributed by atoms with Gasteiger partial charge in [-0.3, -0.25) is 0 Å². The van der Waals surface area contributed by atoms with Crippen molar-refractivity contribution in [2.45, 2.75) is 38.5 Å².